The van der Waals surface area contributed by atoms with Gasteiger partial charge in [0.05, 0.1) is 0 Å². The van der Waals surface area contributed by atoms with Crippen LogP contribution >= 0.6 is 0 Å². The molecule has 2 atom stereocenters. The van der Waals surface area contributed by atoms with Crippen LogP contribution in [0, 0.1) is 11.8 Å². The van der Waals surface area contributed by atoms with E-state index < -0.39 is 29.8 Å². The van der Waals surface area contributed by atoms with E-state index in [0.717, 1.165) is 0 Å². The van der Waals surface area contributed by atoms with Crippen LogP contribution in [0.15, 0.2) is 0 Å². The third-order valence-corrected chi connectivity index (χ3v) is 3.51. The van der Waals surface area contributed by atoms with Gasteiger partial charge in [0.1, 0.15) is 0 Å². The Morgan fingerprint density at radius 2 is 1.29 bits per heavy atom. The van der Waals surface area contributed by atoms with Crippen LogP contribution in [0.1, 0.15) is 32.6 Å². The zero-order valence-electron chi connectivity index (χ0n) is 9.20. The fourth-order valence-corrected chi connectivity index (χ4v) is 2.52. The topological polar surface area (TPSA) is 20.2 Å². The van der Waals surface area contributed by atoms with E-state index in [1.807, 2.05) is 0 Å². The first-order valence-electron chi connectivity index (χ1n) is 5.37. The molecule has 1 nitrogen and oxygen atoms in total. The van der Waals surface area contributed by atoms with E-state index >= 15 is 0 Å². The minimum Gasteiger partial charge on any atom is -0.373 e. The Hall–Kier alpha value is -0.460. The van der Waals surface area contributed by atoms with E-state index in [9.17, 15) is 31.4 Å². The predicted octanol–water partition coefficient (Wildman–Crippen LogP) is 3.67. The average molecular weight is 264 g/mol. The molecule has 0 heterocycles. The molecule has 1 unspecified atom stereocenters. The number of hydrogen-bond donors (Lipinski definition) is 1. The second kappa shape index (κ2) is 4.33. The first kappa shape index (κ1) is 14.6. The maximum absolute atomic E-state index is 12.6. The molecule has 102 valence electrons. The quantitative estimate of drug-likeness (QED) is 0.716. The molecular formula is C10H14F6O. The van der Waals surface area contributed by atoms with Crippen LogP contribution < -0.4 is 0 Å². The van der Waals surface area contributed by atoms with Crippen LogP contribution in [0.3, 0.4) is 0 Å². The van der Waals surface area contributed by atoms with Gasteiger partial charge in [-0.25, -0.2) is 0 Å². The lowest BCUT2D eigenvalue weighted by atomic mass is 9.70. The second-order valence-corrected chi connectivity index (χ2v) is 4.63. The van der Waals surface area contributed by atoms with Crippen molar-refractivity contribution in [1.29, 1.82) is 0 Å². The Bertz CT molecular complexity index is 255. The average Bonchev–Trinajstić information content (AvgIpc) is 2.13. The van der Waals surface area contributed by atoms with E-state index in [1.54, 1.807) is 0 Å². The van der Waals surface area contributed by atoms with Crippen molar-refractivity contribution in [2.75, 3.05) is 0 Å². The summed E-state index contributed by atoms with van der Waals surface area (Å²) in [5.41, 5.74) is -4.58. The van der Waals surface area contributed by atoms with Gasteiger partial charge < -0.3 is 5.11 Å². The zero-order valence-corrected chi connectivity index (χ0v) is 9.20. The molecule has 17 heavy (non-hydrogen) atoms. The molecule has 0 aromatic heterocycles. The van der Waals surface area contributed by atoms with Crippen molar-refractivity contribution in [2.45, 2.75) is 50.6 Å². The maximum atomic E-state index is 12.6. The summed E-state index contributed by atoms with van der Waals surface area (Å²) in [7, 11) is 0. The van der Waals surface area contributed by atoms with Gasteiger partial charge in [0.2, 0.25) is 0 Å². The highest BCUT2D eigenvalue weighted by molar-refractivity contribution is 5.01. The van der Waals surface area contributed by atoms with Gasteiger partial charge in [-0.15, -0.1) is 0 Å². The van der Waals surface area contributed by atoms with Gasteiger partial charge in [-0.3, -0.25) is 0 Å². The number of aliphatic hydroxyl groups is 1. The SMILES string of the molecule is C[C@H]1CCCCC1C(O)(C(F)(F)F)C(F)(F)F. The smallest absolute Gasteiger partial charge is 0.373 e. The van der Waals surface area contributed by atoms with E-state index in [-0.39, 0.29) is 19.3 Å². The molecule has 0 bridgehead atoms. The largest absolute Gasteiger partial charge is 0.426 e. The Labute approximate surface area is 94.8 Å². The monoisotopic (exact) mass is 264 g/mol. The molecule has 0 spiro atoms. The molecule has 1 fully saturated rings. The molecule has 7 heteroatoms. The molecular weight excluding hydrogens is 250 g/mol. The maximum Gasteiger partial charge on any atom is 0.426 e. The standard InChI is InChI=1S/C10H14F6O/c1-6-4-2-3-5-7(6)8(17,9(11,12)13)10(14,15)16/h6-7,17H,2-5H2,1H3/t6-,7?/m0/s1. The predicted molar refractivity (Wildman–Crippen MR) is 48.2 cm³/mol. The van der Waals surface area contributed by atoms with Gasteiger partial charge in [0.15, 0.2) is 0 Å². The van der Waals surface area contributed by atoms with Crippen molar-refractivity contribution in [3.8, 4) is 0 Å². The van der Waals surface area contributed by atoms with Gasteiger partial charge >= 0.3 is 12.4 Å². The summed E-state index contributed by atoms with van der Waals surface area (Å²) in [5, 5.41) is 9.23. The minimum absolute atomic E-state index is 0.253. The Morgan fingerprint density at radius 3 is 1.65 bits per heavy atom. The van der Waals surface area contributed by atoms with E-state index in [1.165, 1.54) is 6.92 Å². The molecule has 0 aromatic carbocycles. The zero-order chi connectivity index (χ0) is 13.5. The molecule has 1 rings (SSSR count). The summed E-state index contributed by atoms with van der Waals surface area (Å²) in [6, 6.07) is 0. The second-order valence-electron chi connectivity index (χ2n) is 4.63. The van der Waals surface area contributed by atoms with Crippen LogP contribution in [0.2, 0.25) is 0 Å². The summed E-state index contributed by atoms with van der Waals surface area (Å²) in [4.78, 5) is 0. The van der Waals surface area contributed by atoms with Crippen molar-refractivity contribution in [3.05, 3.63) is 0 Å². The lowest BCUT2D eigenvalue weighted by molar-refractivity contribution is -0.390. The van der Waals surface area contributed by atoms with Crippen molar-refractivity contribution >= 4 is 0 Å². The first-order chi connectivity index (χ1) is 7.52. The lowest BCUT2D eigenvalue weighted by Crippen LogP contribution is -2.63. The van der Waals surface area contributed by atoms with E-state index in [2.05, 4.69) is 0 Å². The molecule has 0 amide bonds. The van der Waals surface area contributed by atoms with Crippen molar-refractivity contribution in [3.63, 3.8) is 0 Å². The Kier molecular flexibility index (Phi) is 3.72. The van der Waals surface area contributed by atoms with E-state index in [4.69, 9.17) is 0 Å². The molecule has 1 aliphatic carbocycles. The summed E-state index contributed by atoms with van der Waals surface area (Å²) < 4.78 is 75.5. The summed E-state index contributed by atoms with van der Waals surface area (Å²) in [6.07, 6.45) is -10.5. The normalized spacial score (nSPS) is 28.2. The molecule has 0 aromatic rings. The lowest BCUT2D eigenvalue weighted by Gasteiger charge is -2.43. The number of rotatable bonds is 1. The fraction of sp³-hybridized carbons (Fsp3) is 1.00. The highest BCUT2D eigenvalue weighted by Crippen LogP contribution is 2.52. The van der Waals surface area contributed by atoms with Gasteiger partial charge in [-0.1, -0.05) is 26.2 Å². The van der Waals surface area contributed by atoms with Crippen LogP contribution in [0.5, 0.6) is 0 Å². The van der Waals surface area contributed by atoms with Gasteiger partial charge in [-0.2, -0.15) is 26.3 Å². The highest BCUT2D eigenvalue weighted by atomic mass is 19.4. The van der Waals surface area contributed by atoms with Crippen molar-refractivity contribution in [2.24, 2.45) is 11.8 Å². The molecule has 1 N–H and O–H groups in total. The molecule has 1 saturated carbocycles. The van der Waals surface area contributed by atoms with E-state index in [0.29, 0.717) is 6.42 Å². The number of hydrogen-bond acceptors (Lipinski definition) is 1. The van der Waals surface area contributed by atoms with Crippen molar-refractivity contribution < 1.29 is 31.4 Å². The van der Waals surface area contributed by atoms with Gasteiger partial charge in [0, 0.05) is 5.92 Å². The molecule has 0 radical (unpaired) electrons. The summed E-state index contributed by atoms with van der Waals surface area (Å²) >= 11 is 0. The van der Waals surface area contributed by atoms with Crippen LogP contribution in [0.25, 0.3) is 0 Å². The van der Waals surface area contributed by atoms with Crippen LogP contribution in [-0.2, 0) is 0 Å². The highest BCUT2D eigenvalue weighted by Gasteiger charge is 2.74. The minimum atomic E-state index is -5.69. The van der Waals surface area contributed by atoms with Crippen LogP contribution in [0.4, 0.5) is 26.3 Å². The Balaban J connectivity index is 3.15. The molecule has 0 saturated heterocycles. The molecule has 0 aliphatic heterocycles. The van der Waals surface area contributed by atoms with Gasteiger partial charge in [0.25, 0.3) is 5.60 Å². The first-order valence-corrected chi connectivity index (χ1v) is 5.37. The summed E-state index contributed by atoms with van der Waals surface area (Å²) in [5.74, 6) is -2.60. The molecule has 1 aliphatic rings. The fourth-order valence-electron chi connectivity index (χ4n) is 2.52. The third kappa shape index (κ3) is 2.39. The Morgan fingerprint density at radius 1 is 0.882 bits per heavy atom. The number of alkyl halides is 6. The third-order valence-electron chi connectivity index (χ3n) is 3.51. The van der Waals surface area contributed by atoms with Crippen molar-refractivity contribution in [1.82, 2.24) is 0 Å². The van der Waals surface area contributed by atoms with Gasteiger partial charge in [-0.05, 0) is 12.3 Å². The van der Waals surface area contributed by atoms with Crippen LogP contribution in [-0.4, -0.2) is 23.1 Å². The number of halogens is 6. The summed E-state index contributed by atoms with van der Waals surface area (Å²) in [6.45, 7) is 1.33.